The summed E-state index contributed by atoms with van der Waals surface area (Å²) >= 11 is 0. The van der Waals surface area contributed by atoms with Crippen molar-refractivity contribution in [1.82, 2.24) is 10.2 Å². The Morgan fingerprint density at radius 2 is 2.00 bits per heavy atom. The van der Waals surface area contributed by atoms with Gasteiger partial charge in [0, 0.05) is 25.7 Å². The quantitative estimate of drug-likeness (QED) is 0.756. The molecule has 0 unspecified atom stereocenters. The van der Waals surface area contributed by atoms with Crippen LogP contribution >= 0.6 is 12.4 Å². The molecule has 1 N–H and O–H groups in total. The SMILES string of the molecule is C1C[C@H]2O[C@H](COCCN3CCOCC3)CC[C@H]2N1.Cl. The van der Waals surface area contributed by atoms with Gasteiger partial charge < -0.3 is 19.5 Å². The van der Waals surface area contributed by atoms with Crippen LogP contribution in [0, 0.1) is 0 Å². The monoisotopic (exact) mass is 306 g/mol. The van der Waals surface area contributed by atoms with Crippen LogP contribution in [0.25, 0.3) is 0 Å². The lowest BCUT2D eigenvalue weighted by Crippen LogP contribution is -2.42. The average Bonchev–Trinajstić information content (AvgIpc) is 2.92. The smallest absolute Gasteiger partial charge is 0.0813 e. The van der Waals surface area contributed by atoms with Crippen LogP contribution in [-0.4, -0.2) is 75.8 Å². The fourth-order valence-electron chi connectivity index (χ4n) is 3.23. The fourth-order valence-corrected chi connectivity index (χ4v) is 3.23. The fraction of sp³-hybridized carbons (Fsp3) is 1.00. The van der Waals surface area contributed by atoms with E-state index in [0.29, 0.717) is 18.2 Å². The molecule has 0 amide bonds. The molecule has 3 atom stereocenters. The van der Waals surface area contributed by atoms with Gasteiger partial charge in [-0.25, -0.2) is 0 Å². The van der Waals surface area contributed by atoms with Gasteiger partial charge in [-0.1, -0.05) is 0 Å². The second-order valence-electron chi connectivity index (χ2n) is 5.75. The Morgan fingerprint density at radius 1 is 1.15 bits per heavy atom. The van der Waals surface area contributed by atoms with E-state index in [-0.39, 0.29) is 12.4 Å². The molecule has 3 heterocycles. The number of hydrogen-bond acceptors (Lipinski definition) is 5. The standard InChI is InChI=1S/C14H26N2O3.ClH/c1-2-13-14(3-4-15-13)19-12(1)11-18-10-7-16-5-8-17-9-6-16;/h12-15H,1-11H2;1H/t12-,13+,14+;/m0./s1. The topological polar surface area (TPSA) is 43.0 Å². The normalized spacial score (nSPS) is 34.5. The molecule has 0 aromatic heterocycles. The summed E-state index contributed by atoms with van der Waals surface area (Å²) in [5.41, 5.74) is 0. The number of rotatable bonds is 5. The molecule has 20 heavy (non-hydrogen) atoms. The number of ether oxygens (including phenoxy) is 3. The first-order valence-corrected chi connectivity index (χ1v) is 7.68. The van der Waals surface area contributed by atoms with Gasteiger partial charge in [-0.15, -0.1) is 12.4 Å². The van der Waals surface area contributed by atoms with E-state index in [1.807, 2.05) is 0 Å². The largest absolute Gasteiger partial charge is 0.379 e. The second-order valence-corrected chi connectivity index (χ2v) is 5.75. The van der Waals surface area contributed by atoms with Gasteiger partial charge in [-0.05, 0) is 25.8 Å². The molecule has 0 aromatic rings. The minimum atomic E-state index is 0. The molecular weight excluding hydrogens is 280 g/mol. The zero-order chi connectivity index (χ0) is 12.9. The molecule has 0 aromatic carbocycles. The molecule has 0 bridgehead atoms. The Kier molecular flexibility index (Phi) is 7.01. The van der Waals surface area contributed by atoms with E-state index >= 15 is 0 Å². The van der Waals surface area contributed by atoms with E-state index in [9.17, 15) is 0 Å². The minimum Gasteiger partial charge on any atom is -0.379 e. The maximum Gasteiger partial charge on any atom is 0.0813 e. The van der Waals surface area contributed by atoms with Gasteiger partial charge in [-0.3, -0.25) is 4.90 Å². The number of halogens is 1. The van der Waals surface area contributed by atoms with Gasteiger partial charge in [0.15, 0.2) is 0 Å². The summed E-state index contributed by atoms with van der Waals surface area (Å²) in [6, 6.07) is 0.601. The van der Waals surface area contributed by atoms with Crippen molar-refractivity contribution in [2.45, 2.75) is 37.5 Å². The summed E-state index contributed by atoms with van der Waals surface area (Å²) in [5.74, 6) is 0. The van der Waals surface area contributed by atoms with Crippen LogP contribution in [0.2, 0.25) is 0 Å². The molecule has 3 fully saturated rings. The van der Waals surface area contributed by atoms with Gasteiger partial charge in [0.25, 0.3) is 0 Å². The summed E-state index contributed by atoms with van der Waals surface area (Å²) in [7, 11) is 0. The number of hydrogen-bond donors (Lipinski definition) is 1. The third kappa shape index (κ3) is 4.55. The highest BCUT2D eigenvalue weighted by Crippen LogP contribution is 2.25. The molecule has 0 saturated carbocycles. The summed E-state index contributed by atoms with van der Waals surface area (Å²) in [5, 5.41) is 3.51. The van der Waals surface area contributed by atoms with E-state index in [4.69, 9.17) is 14.2 Å². The summed E-state index contributed by atoms with van der Waals surface area (Å²) in [6.07, 6.45) is 4.27. The van der Waals surface area contributed by atoms with Crippen LogP contribution in [-0.2, 0) is 14.2 Å². The summed E-state index contributed by atoms with van der Waals surface area (Å²) < 4.78 is 17.2. The Hall–Kier alpha value is 0.0900. The number of morpholine rings is 1. The highest BCUT2D eigenvalue weighted by Gasteiger charge is 2.34. The van der Waals surface area contributed by atoms with Gasteiger partial charge in [0.2, 0.25) is 0 Å². The third-order valence-electron chi connectivity index (χ3n) is 4.41. The van der Waals surface area contributed by atoms with Gasteiger partial charge in [-0.2, -0.15) is 0 Å². The molecule has 118 valence electrons. The zero-order valence-electron chi connectivity index (χ0n) is 12.1. The van der Waals surface area contributed by atoms with Crippen molar-refractivity contribution in [3.8, 4) is 0 Å². The van der Waals surface area contributed by atoms with Crippen molar-refractivity contribution in [1.29, 1.82) is 0 Å². The maximum absolute atomic E-state index is 6.08. The Morgan fingerprint density at radius 3 is 2.85 bits per heavy atom. The highest BCUT2D eigenvalue weighted by atomic mass is 35.5. The second kappa shape index (κ2) is 8.51. The van der Waals surface area contributed by atoms with Crippen molar-refractivity contribution in [2.75, 3.05) is 52.6 Å². The molecule has 3 aliphatic heterocycles. The first kappa shape index (κ1) is 16.5. The average molecular weight is 307 g/mol. The predicted molar refractivity (Wildman–Crippen MR) is 79.6 cm³/mol. The van der Waals surface area contributed by atoms with Gasteiger partial charge in [0.1, 0.15) is 0 Å². The van der Waals surface area contributed by atoms with Crippen molar-refractivity contribution >= 4 is 12.4 Å². The van der Waals surface area contributed by atoms with Crippen LogP contribution in [0.3, 0.4) is 0 Å². The van der Waals surface area contributed by atoms with Crippen LogP contribution < -0.4 is 5.32 Å². The lowest BCUT2D eigenvalue weighted by atomic mass is 10.0. The number of nitrogens with zero attached hydrogens (tertiary/aromatic N) is 1. The first-order chi connectivity index (χ1) is 9.42. The maximum atomic E-state index is 6.08. The van der Waals surface area contributed by atoms with E-state index in [1.54, 1.807) is 0 Å². The molecule has 3 rings (SSSR count). The lowest BCUT2D eigenvalue weighted by molar-refractivity contribution is -0.0907. The Bertz CT molecular complexity index is 277. The molecule has 0 spiro atoms. The highest BCUT2D eigenvalue weighted by molar-refractivity contribution is 5.85. The third-order valence-corrected chi connectivity index (χ3v) is 4.41. The van der Waals surface area contributed by atoms with Gasteiger partial charge >= 0.3 is 0 Å². The van der Waals surface area contributed by atoms with E-state index < -0.39 is 0 Å². The molecular formula is C14H27ClN2O3. The summed E-state index contributed by atoms with van der Waals surface area (Å²) in [4.78, 5) is 2.40. The van der Waals surface area contributed by atoms with Gasteiger partial charge in [0.05, 0.1) is 38.6 Å². The molecule has 5 nitrogen and oxygen atoms in total. The number of nitrogens with one attached hydrogen (secondary N) is 1. The van der Waals surface area contributed by atoms with Crippen LogP contribution in [0.1, 0.15) is 19.3 Å². The Balaban J connectivity index is 0.00000147. The molecule has 0 aliphatic carbocycles. The molecule has 3 aliphatic rings. The van der Waals surface area contributed by atoms with E-state index in [1.165, 1.54) is 6.42 Å². The van der Waals surface area contributed by atoms with Crippen LogP contribution in [0.15, 0.2) is 0 Å². The zero-order valence-corrected chi connectivity index (χ0v) is 12.9. The minimum absolute atomic E-state index is 0. The van der Waals surface area contributed by atoms with E-state index in [2.05, 4.69) is 10.2 Å². The van der Waals surface area contributed by atoms with Crippen molar-refractivity contribution in [2.24, 2.45) is 0 Å². The number of fused-ring (bicyclic) bond motifs is 1. The van der Waals surface area contributed by atoms with Crippen molar-refractivity contribution in [3.63, 3.8) is 0 Å². The van der Waals surface area contributed by atoms with Crippen molar-refractivity contribution in [3.05, 3.63) is 0 Å². The lowest BCUT2D eigenvalue weighted by Gasteiger charge is -2.32. The van der Waals surface area contributed by atoms with E-state index in [0.717, 1.165) is 65.4 Å². The summed E-state index contributed by atoms with van der Waals surface area (Å²) in [6.45, 7) is 7.50. The predicted octanol–water partition coefficient (Wildman–Crippen LogP) is 0.666. The first-order valence-electron chi connectivity index (χ1n) is 7.68. The molecule has 3 saturated heterocycles. The molecule has 0 radical (unpaired) electrons. The van der Waals surface area contributed by atoms with Crippen molar-refractivity contribution < 1.29 is 14.2 Å². The van der Waals surface area contributed by atoms with Crippen LogP contribution in [0.4, 0.5) is 0 Å². The van der Waals surface area contributed by atoms with Crippen LogP contribution in [0.5, 0.6) is 0 Å². The Labute approximate surface area is 127 Å². The molecule has 6 heteroatoms.